The molecule has 1 saturated heterocycles. The summed E-state index contributed by atoms with van der Waals surface area (Å²) < 4.78 is 0. The third kappa shape index (κ3) is 2.12. The van der Waals surface area contributed by atoms with Gasteiger partial charge >= 0.3 is 0 Å². The fraction of sp³-hybridized carbons (Fsp3) is 1.00. The van der Waals surface area contributed by atoms with Gasteiger partial charge in [-0.1, -0.05) is 26.7 Å². The molecule has 2 unspecified atom stereocenters. The monoisotopic (exact) mass is 197 g/mol. The molecule has 0 bridgehead atoms. The van der Waals surface area contributed by atoms with Gasteiger partial charge in [0.05, 0.1) is 6.10 Å². The van der Waals surface area contributed by atoms with Crippen LogP contribution in [-0.2, 0) is 0 Å². The van der Waals surface area contributed by atoms with E-state index in [1.54, 1.807) is 0 Å². The zero-order chi connectivity index (χ0) is 10.2. The number of rotatable bonds is 1. The van der Waals surface area contributed by atoms with Crippen LogP contribution in [-0.4, -0.2) is 35.2 Å². The molecule has 2 aliphatic rings. The summed E-state index contributed by atoms with van der Waals surface area (Å²) in [7, 11) is 0. The van der Waals surface area contributed by atoms with Crippen LogP contribution in [0.2, 0.25) is 0 Å². The summed E-state index contributed by atoms with van der Waals surface area (Å²) in [6.07, 6.45) is 5.97. The molecule has 2 heteroatoms. The number of aliphatic hydroxyl groups excluding tert-OH is 1. The summed E-state index contributed by atoms with van der Waals surface area (Å²) in [5.41, 5.74) is 0.469. The lowest BCUT2D eigenvalue weighted by molar-refractivity contribution is 0.0271. The molecule has 82 valence electrons. The molecule has 2 rings (SSSR count). The van der Waals surface area contributed by atoms with E-state index >= 15 is 0 Å². The molecule has 1 saturated carbocycles. The Kier molecular flexibility index (Phi) is 2.85. The van der Waals surface area contributed by atoms with Crippen molar-refractivity contribution in [3.8, 4) is 0 Å². The summed E-state index contributed by atoms with van der Waals surface area (Å²) in [6, 6.07) is 0.463. The smallest absolute Gasteiger partial charge is 0.0695 e. The van der Waals surface area contributed by atoms with Crippen LogP contribution in [0.1, 0.15) is 46.0 Å². The minimum atomic E-state index is -0.0577. The van der Waals surface area contributed by atoms with Crippen molar-refractivity contribution in [2.45, 2.75) is 58.1 Å². The molecule has 14 heavy (non-hydrogen) atoms. The van der Waals surface area contributed by atoms with Gasteiger partial charge in [-0.15, -0.1) is 0 Å². The highest BCUT2D eigenvalue weighted by Gasteiger charge is 2.36. The molecule has 0 aromatic rings. The second-order valence-corrected chi connectivity index (χ2v) is 5.80. The molecule has 0 aromatic heterocycles. The van der Waals surface area contributed by atoms with Crippen molar-refractivity contribution >= 4 is 0 Å². The number of nitrogens with zero attached hydrogens (tertiary/aromatic N) is 1. The summed E-state index contributed by atoms with van der Waals surface area (Å²) in [5, 5.41) is 9.96. The first-order valence-corrected chi connectivity index (χ1v) is 6.01. The van der Waals surface area contributed by atoms with Crippen LogP contribution in [0.5, 0.6) is 0 Å². The van der Waals surface area contributed by atoms with Gasteiger partial charge in [0, 0.05) is 12.6 Å². The van der Waals surface area contributed by atoms with E-state index < -0.39 is 0 Å². The van der Waals surface area contributed by atoms with E-state index in [9.17, 15) is 5.11 Å². The molecule has 1 heterocycles. The third-order valence-corrected chi connectivity index (χ3v) is 3.87. The van der Waals surface area contributed by atoms with Gasteiger partial charge in [0.1, 0.15) is 0 Å². The van der Waals surface area contributed by atoms with Crippen LogP contribution < -0.4 is 0 Å². The van der Waals surface area contributed by atoms with Crippen molar-refractivity contribution in [2.75, 3.05) is 13.1 Å². The molecule has 1 aliphatic carbocycles. The zero-order valence-corrected chi connectivity index (χ0v) is 9.50. The van der Waals surface area contributed by atoms with Gasteiger partial charge in [-0.05, 0) is 31.2 Å². The molecule has 0 spiro atoms. The van der Waals surface area contributed by atoms with E-state index in [1.807, 2.05) is 0 Å². The highest BCUT2D eigenvalue weighted by atomic mass is 16.3. The average Bonchev–Trinajstić information content (AvgIpc) is 2.47. The van der Waals surface area contributed by atoms with E-state index in [-0.39, 0.29) is 6.10 Å². The topological polar surface area (TPSA) is 23.5 Å². The number of hydrogen-bond donors (Lipinski definition) is 1. The normalized spacial score (nSPS) is 38.8. The first-order chi connectivity index (χ1) is 6.58. The minimum absolute atomic E-state index is 0.0577. The highest BCUT2D eigenvalue weighted by molar-refractivity contribution is 4.90. The summed E-state index contributed by atoms with van der Waals surface area (Å²) in [4.78, 5) is 2.52. The van der Waals surface area contributed by atoms with E-state index in [0.717, 1.165) is 6.42 Å². The number of hydrogen-bond acceptors (Lipinski definition) is 2. The number of likely N-dealkylation sites (tertiary alicyclic amines) is 1. The Hall–Kier alpha value is -0.0800. The van der Waals surface area contributed by atoms with Gasteiger partial charge in [-0.25, -0.2) is 0 Å². The van der Waals surface area contributed by atoms with Crippen LogP contribution in [0.3, 0.4) is 0 Å². The van der Waals surface area contributed by atoms with Crippen molar-refractivity contribution in [3.05, 3.63) is 0 Å². The van der Waals surface area contributed by atoms with E-state index in [2.05, 4.69) is 18.7 Å². The number of aliphatic hydroxyl groups is 1. The van der Waals surface area contributed by atoms with Gasteiger partial charge in [-0.3, -0.25) is 4.90 Å². The molecule has 0 amide bonds. The molecule has 2 atom stereocenters. The lowest BCUT2D eigenvalue weighted by Crippen LogP contribution is -2.44. The Labute approximate surface area is 87.3 Å². The third-order valence-electron chi connectivity index (χ3n) is 3.87. The van der Waals surface area contributed by atoms with Gasteiger partial charge < -0.3 is 5.11 Å². The Balaban J connectivity index is 1.95. The van der Waals surface area contributed by atoms with Crippen LogP contribution in [0.4, 0.5) is 0 Å². The molecule has 0 radical (unpaired) electrons. The van der Waals surface area contributed by atoms with Crippen molar-refractivity contribution in [2.24, 2.45) is 5.41 Å². The van der Waals surface area contributed by atoms with Gasteiger partial charge in [0.2, 0.25) is 0 Å². The van der Waals surface area contributed by atoms with Crippen LogP contribution in [0, 0.1) is 5.41 Å². The molecule has 2 nitrogen and oxygen atoms in total. The average molecular weight is 197 g/mol. The van der Waals surface area contributed by atoms with Crippen molar-refractivity contribution in [1.82, 2.24) is 4.90 Å². The van der Waals surface area contributed by atoms with Crippen molar-refractivity contribution in [1.29, 1.82) is 0 Å². The Morgan fingerprint density at radius 2 is 1.93 bits per heavy atom. The summed E-state index contributed by atoms with van der Waals surface area (Å²) >= 11 is 0. The molecule has 2 fully saturated rings. The molecule has 1 aliphatic heterocycles. The minimum Gasteiger partial charge on any atom is -0.391 e. The van der Waals surface area contributed by atoms with Gasteiger partial charge in [-0.2, -0.15) is 0 Å². The molecule has 0 aromatic carbocycles. The predicted octanol–water partition coefficient (Wildman–Crippen LogP) is 2.02. The molecular formula is C12H23NO. The fourth-order valence-electron chi connectivity index (χ4n) is 2.95. The molecular weight excluding hydrogens is 174 g/mol. The van der Waals surface area contributed by atoms with E-state index in [4.69, 9.17) is 0 Å². The molecule has 1 N–H and O–H groups in total. The Morgan fingerprint density at radius 3 is 2.50 bits per heavy atom. The quantitative estimate of drug-likeness (QED) is 0.695. The van der Waals surface area contributed by atoms with Gasteiger partial charge in [0.25, 0.3) is 0 Å². The predicted molar refractivity (Wildman–Crippen MR) is 58.2 cm³/mol. The maximum atomic E-state index is 9.96. The van der Waals surface area contributed by atoms with E-state index in [1.165, 1.54) is 38.8 Å². The van der Waals surface area contributed by atoms with Crippen LogP contribution in [0.25, 0.3) is 0 Å². The SMILES string of the molecule is CC1(C)CCN(C2CCCCC2O)C1. The zero-order valence-electron chi connectivity index (χ0n) is 9.50. The van der Waals surface area contributed by atoms with Crippen molar-refractivity contribution < 1.29 is 5.11 Å². The second kappa shape index (κ2) is 3.82. The van der Waals surface area contributed by atoms with Crippen LogP contribution in [0.15, 0.2) is 0 Å². The second-order valence-electron chi connectivity index (χ2n) is 5.80. The fourth-order valence-corrected chi connectivity index (χ4v) is 2.95. The van der Waals surface area contributed by atoms with Crippen LogP contribution >= 0.6 is 0 Å². The summed E-state index contributed by atoms with van der Waals surface area (Å²) in [6.45, 7) is 7.04. The maximum Gasteiger partial charge on any atom is 0.0695 e. The standard InChI is InChI=1S/C12H23NO/c1-12(2)7-8-13(9-12)10-5-3-4-6-11(10)14/h10-11,14H,3-9H2,1-2H3. The Morgan fingerprint density at radius 1 is 1.21 bits per heavy atom. The van der Waals surface area contributed by atoms with E-state index in [0.29, 0.717) is 11.5 Å². The highest BCUT2D eigenvalue weighted by Crippen LogP contribution is 2.33. The Bertz CT molecular complexity index is 202. The van der Waals surface area contributed by atoms with Crippen molar-refractivity contribution in [3.63, 3.8) is 0 Å². The summed E-state index contributed by atoms with van der Waals surface area (Å²) in [5.74, 6) is 0. The first-order valence-electron chi connectivity index (χ1n) is 6.01. The maximum absolute atomic E-state index is 9.96. The lowest BCUT2D eigenvalue weighted by Gasteiger charge is -2.35. The first kappa shape index (κ1) is 10.4. The lowest BCUT2D eigenvalue weighted by atomic mass is 9.90. The largest absolute Gasteiger partial charge is 0.391 e. The van der Waals surface area contributed by atoms with Gasteiger partial charge in [0.15, 0.2) is 0 Å².